The molecule has 0 aromatic heterocycles. The van der Waals surface area contributed by atoms with Crippen LogP contribution in [0.15, 0.2) is 54.6 Å². The number of halogens is 2. The van der Waals surface area contributed by atoms with E-state index in [4.69, 9.17) is 4.74 Å². The summed E-state index contributed by atoms with van der Waals surface area (Å²) < 4.78 is 5.42. The fraction of sp³-hybridized carbons (Fsp3) is 0.333. The van der Waals surface area contributed by atoms with E-state index in [0.29, 0.717) is 12.1 Å². The average molecular weight is 355 g/mol. The second kappa shape index (κ2) is 9.78. The third-order valence-corrected chi connectivity index (χ3v) is 4.13. The van der Waals surface area contributed by atoms with Gasteiger partial charge in [-0.1, -0.05) is 48.5 Å². The third-order valence-electron chi connectivity index (χ3n) is 4.13. The summed E-state index contributed by atoms with van der Waals surface area (Å²) in [5, 5.41) is 7.27. The molecule has 0 radical (unpaired) electrons. The van der Waals surface area contributed by atoms with Gasteiger partial charge in [0, 0.05) is 24.2 Å². The van der Waals surface area contributed by atoms with E-state index in [2.05, 4.69) is 53.1 Å². The van der Waals surface area contributed by atoms with E-state index in [-0.39, 0.29) is 24.8 Å². The van der Waals surface area contributed by atoms with Crippen LogP contribution >= 0.6 is 24.8 Å². The quantitative estimate of drug-likeness (QED) is 0.858. The Bertz CT molecular complexity index is 580. The molecule has 1 saturated heterocycles. The minimum absolute atomic E-state index is 0. The Morgan fingerprint density at radius 3 is 2.48 bits per heavy atom. The van der Waals surface area contributed by atoms with Crippen molar-refractivity contribution in [2.24, 2.45) is 0 Å². The number of hydrogen-bond acceptors (Lipinski definition) is 3. The van der Waals surface area contributed by atoms with Crippen molar-refractivity contribution in [2.75, 3.05) is 13.7 Å². The molecule has 3 nitrogen and oxygen atoms in total. The molecule has 23 heavy (non-hydrogen) atoms. The Morgan fingerprint density at radius 1 is 1.04 bits per heavy atom. The van der Waals surface area contributed by atoms with E-state index >= 15 is 0 Å². The molecule has 0 bridgehead atoms. The monoisotopic (exact) mass is 354 g/mol. The Balaban J connectivity index is 0.00000132. The summed E-state index contributed by atoms with van der Waals surface area (Å²) >= 11 is 0. The number of hydrogen-bond donors (Lipinski definition) is 2. The van der Waals surface area contributed by atoms with E-state index in [1.165, 1.54) is 11.1 Å². The predicted octanol–water partition coefficient (Wildman–Crippen LogP) is 3.73. The van der Waals surface area contributed by atoms with Crippen LogP contribution in [0.5, 0.6) is 5.75 Å². The zero-order valence-corrected chi connectivity index (χ0v) is 14.8. The molecular formula is C18H24Cl2N2O. The van der Waals surface area contributed by atoms with Crippen molar-refractivity contribution in [1.29, 1.82) is 0 Å². The Morgan fingerprint density at radius 2 is 1.74 bits per heavy atom. The van der Waals surface area contributed by atoms with Crippen molar-refractivity contribution in [1.82, 2.24) is 10.6 Å². The van der Waals surface area contributed by atoms with Crippen LogP contribution in [-0.2, 0) is 6.54 Å². The average Bonchev–Trinajstić information content (AvgIpc) is 3.02. The second-order valence-electron chi connectivity index (χ2n) is 5.43. The largest absolute Gasteiger partial charge is 0.496 e. The lowest BCUT2D eigenvalue weighted by molar-refractivity contribution is 0.401. The summed E-state index contributed by atoms with van der Waals surface area (Å²) in [6.07, 6.45) is 1.15. The first-order valence-corrected chi connectivity index (χ1v) is 7.52. The van der Waals surface area contributed by atoms with Gasteiger partial charge in [-0.2, -0.15) is 0 Å². The van der Waals surface area contributed by atoms with Crippen LogP contribution in [0, 0.1) is 0 Å². The topological polar surface area (TPSA) is 33.3 Å². The van der Waals surface area contributed by atoms with Crippen LogP contribution < -0.4 is 15.4 Å². The van der Waals surface area contributed by atoms with Crippen LogP contribution in [0.3, 0.4) is 0 Å². The summed E-state index contributed by atoms with van der Waals surface area (Å²) in [5.74, 6) is 0.951. The van der Waals surface area contributed by atoms with E-state index in [1.54, 1.807) is 7.11 Å². The highest BCUT2D eigenvalue weighted by atomic mass is 35.5. The molecule has 0 spiro atoms. The van der Waals surface area contributed by atoms with Gasteiger partial charge in [-0.25, -0.2) is 0 Å². The third kappa shape index (κ3) is 4.85. The number of methoxy groups -OCH3 is 1. The summed E-state index contributed by atoms with van der Waals surface area (Å²) in [6.45, 7) is 1.89. The van der Waals surface area contributed by atoms with Gasteiger partial charge in [0.1, 0.15) is 5.75 Å². The zero-order chi connectivity index (χ0) is 14.5. The maximum atomic E-state index is 5.42. The lowest BCUT2D eigenvalue weighted by Crippen LogP contribution is -2.34. The fourth-order valence-electron chi connectivity index (χ4n) is 3.02. The minimum atomic E-state index is 0. The standard InChI is InChI=1S/C18H22N2O.2ClH/c1-21-17-10-6-5-9-15(17)13-20-16-11-12-19-18(16)14-7-3-2-4-8-14;;/h2-10,16,18-20H,11-13H2,1H3;2*1H/t16-,18-;;/m1../s1. The number of para-hydroxylation sites is 1. The molecule has 2 atom stereocenters. The lowest BCUT2D eigenvalue weighted by Gasteiger charge is -2.22. The van der Waals surface area contributed by atoms with E-state index < -0.39 is 0 Å². The van der Waals surface area contributed by atoms with Gasteiger partial charge >= 0.3 is 0 Å². The molecule has 2 N–H and O–H groups in total. The SMILES string of the molecule is COc1ccccc1CN[C@@H]1CCN[C@@H]1c1ccccc1.Cl.Cl. The molecule has 0 unspecified atom stereocenters. The van der Waals surface area contributed by atoms with Crippen LogP contribution in [-0.4, -0.2) is 19.7 Å². The molecule has 0 amide bonds. The van der Waals surface area contributed by atoms with Gasteiger partial charge in [-0.3, -0.25) is 0 Å². The van der Waals surface area contributed by atoms with Crippen molar-refractivity contribution in [3.8, 4) is 5.75 Å². The van der Waals surface area contributed by atoms with Crippen molar-refractivity contribution < 1.29 is 4.74 Å². The maximum absolute atomic E-state index is 5.42. The zero-order valence-electron chi connectivity index (χ0n) is 13.2. The smallest absolute Gasteiger partial charge is 0.123 e. The molecule has 3 rings (SSSR count). The van der Waals surface area contributed by atoms with Crippen molar-refractivity contribution in [3.05, 3.63) is 65.7 Å². The molecule has 1 aliphatic rings. The number of benzene rings is 2. The van der Waals surface area contributed by atoms with E-state index in [9.17, 15) is 0 Å². The van der Waals surface area contributed by atoms with Gasteiger partial charge in [0.15, 0.2) is 0 Å². The highest BCUT2D eigenvalue weighted by Gasteiger charge is 2.27. The van der Waals surface area contributed by atoms with Gasteiger partial charge in [-0.05, 0) is 24.6 Å². The minimum Gasteiger partial charge on any atom is -0.496 e. The molecular weight excluding hydrogens is 331 g/mol. The number of nitrogens with one attached hydrogen (secondary N) is 2. The first-order valence-electron chi connectivity index (χ1n) is 7.52. The van der Waals surface area contributed by atoms with Gasteiger partial charge < -0.3 is 15.4 Å². The number of ether oxygens (including phenoxy) is 1. The van der Waals surface area contributed by atoms with Crippen LogP contribution in [0.1, 0.15) is 23.6 Å². The van der Waals surface area contributed by atoms with Crippen LogP contribution in [0.25, 0.3) is 0 Å². The molecule has 2 aromatic rings. The summed E-state index contributed by atoms with van der Waals surface area (Å²) in [4.78, 5) is 0. The van der Waals surface area contributed by atoms with Crippen molar-refractivity contribution in [3.63, 3.8) is 0 Å². The Labute approximate surface area is 150 Å². The Hall–Kier alpha value is -1.26. The molecule has 2 aromatic carbocycles. The molecule has 1 fully saturated rings. The molecule has 1 heterocycles. The maximum Gasteiger partial charge on any atom is 0.123 e. The normalized spacial score (nSPS) is 19.5. The molecule has 5 heteroatoms. The van der Waals surface area contributed by atoms with Gasteiger partial charge in [0.25, 0.3) is 0 Å². The van der Waals surface area contributed by atoms with E-state index in [1.807, 2.05) is 12.1 Å². The van der Waals surface area contributed by atoms with Gasteiger partial charge in [0.2, 0.25) is 0 Å². The first-order chi connectivity index (χ1) is 10.4. The summed E-state index contributed by atoms with van der Waals surface area (Å²) in [5.41, 5.74) is 2.56. The molecule has 0 aliphatic carbocycles. The Kier molecular flexibility index (Phi) is 8.42. The van der Waals surface area contributed by atoms with Crippen LogP contribution in [0.2, 0.25) is 0 Å². The molecule has 0 saturated carbocycles. The fourth-order valence-corrected chi connectivity index (χ4v) is 3.02. The predicted molar refractivity (Wildman–Crippen MR) is 99.9 cm³/mol. The van der Waals surface area contributed by atoms with Crippen LogP contribution in [0.4, 0.5) is 0 Å². The first kappa shape index (κ1) is 19.8. The highest BCUT2D eigenvalue weighted by Crippen LogP contribution is 2.25. The van der Waals surface area contributed by atoms with Crippen molar-refractivity contribution in [2.45, 2.75) is 25.0 Å². The summed E-state index contributed by atoms with van der Waals surface area (Å²) in [6, 6.07) is 19.7. The molecule has 1 aliphatic heterocycles. The second-order valence-corrected chi connectivity index (χ2v) is 5.43. The highest BCUT2D eigenvalue weighted by molar-refractivity contribution is 5.85. The van der Waals surface area contributed by atoms with Gasteiger partial charge in [-0.15, -0.1) is 24.8 Å². The molecule has 126 valence electrons. The van der Waals surface area contributed by atoms with Gasteiger partial charge in [0.05, 0.1) is 7.11 Å². The number of rotatable bonds is 5. The van der Waals surface area contributed by atoms with Crippen molar-refractivity contribution >= 4 is 24.8 Å². The lowest BCUT2D eigenvalue weighted by atomic mass is 10.0. The summed E-state index contributed by atoms with van der Waals surface area (Å²) in [7, 11) is 1.72. The van der Waals surface area contributed by atoms with E-state index in [0.717, 1.165) is 25.3 Å².